The largest absolute Gasteiger partial charge is 0.395 e. The lowest BCUT2D eigenvalue weighted by Crippen LogP contribution is -2.45. The highest BCUT2D eigenvalue weighted by atomic mass is 16.3. The van der Waals surface area contributed by atoms with Crippen molar-refractivity contribution in [1.82, 2.24) is 4.90 Å². The van der Waals surface area contributed by atoms with Crippen LogP contribution in [0, 0.1) is 5.92 Å². The molecule has 1 aliphatic carbocycles. The fourth-order valence-corrected chi connectivity index (χ4v) is 3.04. The van der Waals surface area contributed by atoms with E-state index in [-0.39, 0.29) is 12.5 Å². The Balaban J connectivity index is 1.88. The number of ketones is 1. The molecular formula is C13H23NO2. The number of carbonyl (C=O) groups is 1. The predicted octanol–water partition coefficient (Wildman–Crippen LogP) is 1.59. The number of piperidine rings is 1. The molecule has 3 heteroatoms. The highest BCUT2D eigenvalue weighted by Gasteiger charge is 2.28. The van der Waals surface area contributed by atoms with Gasteiger partial charge in [0.05, 0.1) is 6.61 Å². The van der Waals surface area contributed by atoms with Gasteiger partial charge in [0.2, 0.25) is 0 Å². The molecule has 2 aliphatic rings. The molecule has 0 aromatic rings. The van der Waals surface area contributed by atoms with Gasteiger partial charge < -0.3 is 5.11 Å². The average Bonchev–Trinajstić information content (AvgIpc) is 2.33. The third-order valence-electron chi connectivity index (χ3n) is 4.10. The standard InChI is InChI=1S/C13H23NO2/c15-10-12-6-3-4-8-14(12)9-11-5-1-2-7-13(11)16/h11-12,15H,1-10H2. The Bertz CT molecular complexity index is 242. The molecule has 16 heavy (non-hydrogen) atoms. The Morgan fingerprint density at radius 2 is 2.00 bits per heavy atom. The summed E-state index contributed by atoms with van der Waals surface area (Å²) in [6.45, 7) is 2.21. The van der Waals surface area contributed by atoms with Gasteiger partial charge in [0.25, 0.3) is 0 Å². The predicted molar refractivity (Wildman–Crippen MR) is 63.3 cm³/mol. The molecule has 1 heterocycles. The summed E-state index contributed by atoms with van der Waals surface area (Å²) >= 11 is 0. The van der Waals surface area contributed by atoms with Crippen molar-refractivity contribution < 1.29 is 9.90 Å². The van der Waals surface area contributed by atoms with E-state index >= 15 is 0 Å². The third-order valence-corrected chi connectivity index (χ3v) is 4.10. The Hall–Kier alpha value is -0.410. The zero-order valence-electron chi connectivity index (χ0n) is 10.0. The van der Waals surface area contributed by atoms with Crippen molar-refractivity contribution in [3.63, 3.8) is 0 Å². The van der Waals surface area contributed by atoms with Crippen molar-refractivity contribution in [1.29, 1.82) is 0 Å². The van der Waals surface area contributed by atoms with Crippen LogP contribution in [0.15, 0.2) is 0 Å². The first-order valence-corrected chi connectivity index (χ1v) is 6.69. The van der Waals surface area contributed by atoms with Crippen molar-refractivity contribution in [2.45, 2.75) is 51.0 Å². The minimum absolute atomic E-state index is 0.251. The van der Waals surface area contributed by atoms with Gasteiger partial charge in [-0.1, -0.05) is 12.8 Å². The van der Waals surface area contributed by atoms with Gasteiger partial charge in [-0.2, -0.15) is 0 Å². The van der Waals surface area contributed by atoms with Crippen LogP contribution < -0.4 is 0 Å². The molecule has 2 rings (SSSR count). The summed E-state index contributed by atoms with van der Waals surface area (Å²) in [4.78, 5) is 14.1. The monoisotopic (exact) mass is 225 g/mol. The summed E-state index contributed by atoms with van der Waals surface area (Å²) in [7, 11) is 0. The van der Waals surface area contributed by atoms with Gasteiger partial charge in [-0.25, -0.2) is 0 Å². The molecule has 0 aromatic carbocycles. The van der Waals surface area contributed by atoms with Crippen LogP contribution in [0.1, 0.15) is 44.9 Å². The van der Waals surface area contributed by atoms with E-state index in [0.717, 1.165) is 38.8 Å². The number of rotatable bonds is 3. The quantitative estimate of drug-likeness (QED) is 0.793. The van der Waals surface area contributed by atoms with Crippen LogP contribution in [0.2, 0.25) is 0 Å². The SMILES string of the molecule is O=C1CCCCC1CN1CCCCC1CO. The van der Waals surface area contributed by atoms with E-state index in [1.54, 1.807) is 0 Å². The molecule has 1 aliphatic heterocycles. The lowest BCUT2D eigenvalue weighted by Gasteiger charge is -2.37. The van der Waals surface area contributed by atoms with Gasteiger partial charge in [0.15, 0.2) is 0 Å². The average molecular weight is 225 g/mol. The summed E-state index contributed by atoms with van der Waals surface area (Å²) in [5.41, 5.74) is 0. The summed E-state index contributed by atoms with van der Waals surface area (Å²) in [6.07, 6.45) is 7.66. The molecule has 0 spiro atoms. The Kier molecular flexibility index (Phi) is 4.36. The number of carbonyl (C=O) groups excluding carboxylic acids is 1. The fourth-order valence-electron chi connectivity index (χ4n) is 3.04. The zero-order chi connectivity index (χ0) is 11.4. The Labute approximate surface area is 97.8 Å². The summed E-state index contributed by atoms with van der Waals surface area (Å²) in [6, 6.07) is 0.309. The van der Waals surface area contributed by atoms with Gasteiger partial charge in [0, 0.05) is 24.9 Å². The minimum atomic E-state index is 0.251. The van der Waals surface area contributed by atoms with E-state index in [9.17, 15) is 9.90 Å². The zero-order valence-corrected chi connectivity index (χ0v) is 10.0. The van der Waals surface area contributed by atoms with E-state index in [1.165, 1.54) is 19.3 Å². The van der Waals surface area contributed by atoms with Crippen molar-refractivity contribution in [3.8, 4) is 0 Å². The van der Waals surface area contributed by atoms with Gasteiger partial charge in [-0.15, -0.1) is 0 Å². The van der Waals surface area contributed by atoms with E-state index < -0.39 is 0 Å². The van der Waals surface area contributed by atoms with Crippen molar-refractivity contribution in [2.75, 3.05) is 19.7 Å². The Morgan fingerprint density at radius 1 is 1.19 bits per heavy atom. The molecule has 2 atom stereocenters. The smallest absolute Gasteiger partial charge is 0.137 e. The number of likely N-dealkylation sites (tertiary alicyclic amines) is 1. The highest BCUT2D eigenvalue weighted by molar-refractivity contribution is 5.81. The van der Waals surface area contributed by atoms with E-state index in [1.807, 2.05) is 0 Å². The van der Waals surface area contributed by atoms with Crippen LogP contribution in [-0.4, -0.2) is 41.5 Å². The van der Waals surface area contributed by atoms with Gasteiger partial charge in [0.1, 0.15) is 5.78 Å². The molecule has 1 saturated carbocycles. The van der Waals surface area contributed by atoms with Crippen LogP contribution >= 0.6 is 0 Å². The number of nitrogens with zero attached hydrogens (tertiary/aromatic N) is 1. The van der Waals surface area contributed by atoms with Crippen LogP contribution in [0.4, 0.5) is 0 Å². The first kappa shape index (κ1) is 12.1. The second kappa shape index (κ2) is 5.78. The molecule has 0 amide bonds. The number of hydrogen-bond donors (Lipinski definition) is 1. The molecule has 1 N–H and O–H groups in total. The maximum Gasteiger partial charge on any atom is 0.137 e. The van der Waals surface area contributed by atoms with Crippen LogP contribution in [0.5, 0.6) is 0 Å². The lowest BCUT2D eigenvalue weighted by molar-refractivity contribution is -0.125. The molecule has 3 nitrogen and oxygen atoms in total. The van der Waals surface area contributed by atoms with Crippen LogP contribution in [-0.2, 0) is 4.79 Å². The van der Waals surface area contributed by atoms with Gasteiger partial charge in [-0.05, 0) is 32.2 Å². The Morgan fingerprint density at radius 3 is 2.75 bits per heavy atom. The maximum atomic E-state index is 11.8. The molecule has 1 saturated heterocycles. The topological polar surface area (TPSA) is 40.5 Å². The number of aliphatic hydroxyl groups is 1. The molecule has 0 bridgehead atoms. The summed E-state index contributed by atoms with van der Waals surface area (Å²) < 4.78 is 0. The minimum Gasteiger partial charge on any atom is -0.395 e. The number of aliphatic hydroxyl groups excluding tert-OH is 1. The van der Waals surface area contributed by atoms with Gasteiger partial charge >= 0.3 is 0 Å². The third kappa shape index (κ3) is 2.83. The van der Waals surface area contributed by atoms with Crippen LogP contribution in [0.25, 0.3) is 0 Å². The lowest BCUT2D eigenvalue weighted by atomic mass is 9.86. The van der Waals surface area contributed by atoms with E-state index in [4.69, 9.17) is 0 Å². The molecular weight excluding hydrogens is 202 g/mol. The maximum absolute atomic E-state index is 11.8. The van der Waals surface area contributed by atoms with Crippen molar-refractivity contribution in [3.05, 3.63) is 0 Å². The molecule has 2 unspecified atom stereocenters. The second-order valence-electron chi connectivity index (χ2n) is 5.24. The first-order valence-electron chi connectivity index (χ1n) is 6.69. The normalized spacial score (nSPS) is 32.9. The second-order valence-corrected chi connectivity index (χ2v) is 5.24. The van der Waals surface area contributed by atoms with Crippen molar-refractivity contribution in [2.24, 2.45) is 5.92 Å². The van der Waals surface area contributed by atoms with E-state index in [2.05, 4.69) is 4.90 Å². The highest BCUT2D eigenvalue weighted by Crippen LogP contribution is 2.24. The molecule has 2 fully saturated rings. The number of hydrogen-bond acceptors (Lipinski definition) is 3. The van der Waals surface area contributed by atoms with Crippen LogP contribution in [0.3, 0.4) is 0 Å². The molecule has 0 aromatic heterocycles. The summed E-state index contributed by atoms with van der Waals surface area (Å²) in [5.74, 6) is 0.703. The fraction of sp³-hybridized carbons (Fsp3) is 0.923. The van der Waals surface area contributed by atoms with Crippen molar-refractivity contribution >= 4 is 5.78 Å². The van der Waals surface area contributed by atoms with Gasteiger partial charge in [-0.3, -0.25) is 9.69 Å². The molecule has 0 radical (unpaired) electrons. The number of Topliss-reactive ketones (excluding diaryl/α,β-unsaturated/α-hetero) is 1. The molecule has 92 valence electrons. The first-order chi connectivity index (χ1) is 7.81. The van der Waals surface area contributed by atoms with E-state index in [0.29, 0.717) is 11.8 Å². The summed E-state index contributed by atoms with van der Waals surface area (Å²) in [5, 5.41) is 9.33.